The van der Waals surface area contributed by atoms with Gasteiger partial charge in [-0.15, -0.1) is 11.8 Å². The summed E-state index contributed by atoms with van der Waals surface area (Å²) in [4.78, 5) is 24.5. The average Bonchev–Trinajstić information content (AvgIpc) is 2.65. The Labute approximate surface area is 149 Å². The van der Waals surface area contributed by atoms with E-state index < -0.39 is 0 Å². The monoisotopic (exact) mass is 358 g/mol. The number of carbonyl (C=O) groups excluding carboxylic acids is 2. The van der Waals surface area contributed by atoms with Gasteiger partial charge in [-0.25, -0.2) is 0 Å². The molecule has 2 N–H and O–H groups in total. The predicted octanol–water partition coefficient (Wildman–Crippen LogP) is 1.94. The van der Waals surface area contributed by atoms with Gasteiger partial charge in [-0.3, -0.25) is 20.4 Å². The molecule has 2 aromatic rings. The van der Waals surface area contributed by atoms with Crippen molar-refractivity contribution in [1.29, 1.82) is 0 Å². The molecule has 1 aliphatic heterocycles. The van der Waals surface area contributed by atoms with Crippen LogP contribution in [-0.2, 0) is 16.0 Å². The van der Waals surface area contributed by atoms with Crippen LogP contribution in [0.2, 0.25) is 0 Å². The van der Waals surface area contributed by atoms with Gasteiger partial charge < -0.3 is 9.47 Å². The molecule has 3 rings (SSSR count). The first-order valence-electron chi connectivity index (χ1n) is 7.85. The second kappa shape index (κ2) is 8.43. The molecule has 0 saturated carbocycles. The average molecular weight is 358 g/mol. The van der Waals surface area contributed by atoms with Gasteiger partial charge in [-0.05, 0) is 23.8 Å². The third-order valence-electron chi connectivity index (χ3n) is 3.43. The van der Waals surface area contributed by atoms with Crippen LogP contribution < -0.4 is 20.3 Å². The van der Waals surface area contributed by atoms with E-state index in [1.165, 1.54) is 11.8 Å². The van der Waals surface area contributed by atoms with Crippen molar-refractivity contribution < 1.29 is 19.1 Å². The van der Waals surface area contributed by atoms with Crippen LogP contribution in [0.4, 0.5) is 0 Å². The molecule has 130 valence electrons. The summed E-state index contributed by atoms with van der Waals surface area (Å²) < 4.78 is 11.0. The number of hydrogen-bond acceptors (Lipinski definition) is 5. The van der Waals surface area contributed by atoms with E-state index in [4.69, 9.17) is 9.47 Å². The summed E-state index contributed by atoms with van der Waals surface area (Å²) in [6.07, 6.45) is 0.219. The van der Waals surface area contributed by atoms with Gasteiger partial charge in [0.15, 0.2) is 11.5 Å². The lowest BCUT2D eigenvalue weighted by Crippen LogP contribution is -2.43. The minimum absolute atomic E-state index is 0.186. The van der Waals surface area contributed by atoms with Crippen molar-refractivity contribution in [3.8, 4) is 11.5 Å². The highest BCUT2D eigenvalue weighted by molar-refractivity contribution is 8.00. The molecule has 0 spiro atoms. The van der Waals surface area contributed by atoms with Crippen LogP contribution >= 0.6 is 11.8 Å². The zero-order chi connectivity index (χ0) is 17.5. The summed E-state index contributed by atoms with van der Waals surface area (Å²) in [5.74, 6) is 1.05. The first-order chi connectivity index (χ1) is 12.2. The quantitative estimate of drug-likeness (QED) is 0.631. The van der Waals surface area contributed by atoms with Gasteiger partial charge in [0.05, 0.1) is 12.2 Å². The van der Waals surface area contributed by atoms with Gasteiger partial charge in [0, 0.05) is 4.90 Å². The maximum Gasteiger partial charge on any atom is 0.248 e. The largest absolute Gasteiger partial charge is 0.486 e. The van der Waals surface area contributed by atoms with Gasteiger partial charge in [-0.1, -0.05) is 30.3 Å². The number of amides is 2. The fourth-order valence-electron chi connectivity index (χ4n) is 2.26. The van der Waals surface area contributed by atoms with Gasteiger partial charge >= 0.3 is 0 Å². The van der Waals surface area contributed by atoms with E-state index in [-0.39, 0.29) is 24.0 Å². The molecule has 0 bridgehead atoms. The van der Waals surface area contributed by atoms with E-state index in [2.05, 4.69) is 10.9 Å². The highest BCUT2D eigenvalue weighted by Gasteiger charge is 2.13. The van der Waals surface area contributed by atoms with Gasteiger partial charge in [0.25, 0.3) is 0 Å². The first kappa shape index (κ1) is 17.2. The minimum atomic E-state index is -0.277. The molecule has 0 fully saturated rings. The highest BCUT2D eigenvalue weighted by Crippen LogP contribution is 2.33. The fraction of sp³-hybridized carbons (Fsp3) is 0.222. The smallest absolute Gasteiger partial charge is 0.248 e. The van der Waals surface area contributed by atoms with Crippen LogP contribution in [0.5, 0.6) is 11.5 Å². The second-order valence-electron chi connectivity index (χ2n) is 5.35. The summed E-state index contributed by atoms with van der Waals surface area (Å²) in [7, 11) is 0. The molecule has 0 aromatic heterocycles. The Morgan fingerprint density at radius 1 is 0.920 bits per heavy atom. The fourth-order valence-corrected chi connectivity index (χ4v) is 2.99. The highest BCUT2D eigenvalue weighted by atomic mass is 32.2. The van der Waals surface area contributed by atoms with Crippen LogP contribution in [0.25, 0.3) is 0 Å². The standard InChI is InChI=1S/C18H18N2O4S/c21-17(10-13-4-2-1-3-5-13)19-20-18(22)12-25-14-6-7-15-16(11-14)24-9-8-23-15/h1-7,11H,8-10,12H2,(H,19,21)(H,20,22). The topological polar surface area (TPSA) is 76.7 Å². The van der Waals surface area contributed by atoms with Crippen LogP contribution in [0.1, 0.15) is 5.56 Å². The third-order valence-corrected chi connectivity index (χ3v) is 4.43. The summed E-state index contributed by atoms with van der Waals surface area (Å²) in [6, 6.07) is 14.9. The molecule has 0 saturated heterocycles. The van der Waals surface area contributed by atoms with Crippen molar-refractivity contribution in [2.24, 2.45) is 0 Å². The zero-order valence-corrected chi connectivity index (χ0v) is 14.3. The second-order valence-corrected chi connectivity index (χ2v) is 6.40. The van der Waals surface area contributed by atoms with Crippen molar-refractivity contribution in [2.45, 2.75) is 11.3 Å². The van der Waals surface area contributed by atoms with E-state index in [9.17, 15) is 9.59 Å². The maximum absolute atomic E-state index is 11.9. The number of benzene rings is 2. The number of ether oxygens (including phenoxy) is 2. The van der Waals surface area contributed by atoms with Crippen molar-refractivity contribution in [3.63, 3.8) is 0 Å². The third kappa shape index (κ3) is 5.15. The van der Waals surface area contributed by atoms with E-state index in [0.717, 1.165) is 10.5 Å². The molecular weight excluding hydrogens is 340 g/mol. The number of fused-ring (bicyclic) bond motifs is 1. The normalized spacial score (nSPS) is 12.3. The predicted molar refractivity (Wildman–Crippen MR) is 94.6 cm³/mol. The van der Waals surface area contributed by atoms with E-state index in [1.807, 2.05) is 48.5 Å². The molecule has 0 radical (unpaired) electrons. The number of carbonyl (C=O) groups is 2. The Hall–Kier alpha value is -2.67. The lowest BCUT2D eigenvalue weighted by atomic mass is 10.1. The lowest BCUT2D eigenvalue weighted by molar-refractivity contribution is -0.127. The van der Waals surface area contributed by atoms with Crippen molar-refractivity contribution >= 4 is 23.6 Å². The van der Waals surface area contributed by atoms with Gasteiger partial charge in [0.1, 0.15) is 13.2 Å². The molecule has 25 heavy (non-hydrogen) atoms. The van der Waals surface area contributed by atoms with Crippen LogP contribution in [0.15, 0.2) is 53.4 Å². The van der Waals surface area contributed by atoms with Crippen LogP contribution in [0.3, 0.4) is 0 Å². The maximum atomic E-state index is 11.9. The summed E-state index contributed by atoms with van der Waals surface area (Å²) in [5, 5.41) is 0. The molecule has 7 heteroatoms. The lowest BCUT2D eigenvalue weighted by Gasteiger charge is -2.18. The SMILES string of the molecule is O=C(CSc1ccc2c(c1)OCCO2)NNC(=O)Cc1ccccc1. The Bertz CT molecular complexity index is 752. The van der Waals surface area contributed by atoms with Crippen molar-refractivity contribution in [3.05, 3.63) is 54.1 Å². The Balaban J connectivity index is 1.41. The van der Waals surface area contributed by atoms with Gasteiger partial charge in [0.2, 0.25) is 11.8 Å². The zero-order valence-electron chi connectivity index (χ0n) is 13.5. The van der Waals surface area contributed by atoms with Crippen molar-refractivity contribution in [2.75, 3.05) is 19.0 Å². The summed E-state index contributed by atoms with van der Waals surface area (Å²) >= 11 is 1.36. The number of rotatable bonds is 5. The number of thioether (sulfide) groups is 1. The molecule has 0 unspecified atom stereocenters. The number of nitrogens with one attached hydrogen (secondary N) is 2. The molecule has 6 nitrogen and oxygen atoms in total. The van der Waals surface area contributed by atoms with Crippen molar-refractivity contribution in [1.82, 2.24) is 10.9 Å². The summed E-state index contributed by atoms with van der Waals surface area (Å²) in [5.41, 5.74) is 5.73. The number of hydrazine groups is 1. The summed E-state index contributed by atoms with van der Waals surface area (Å²) in [6.45, 7) is 1.07. The number of hydrogen-bond donors (Lipinski definition) is 2. The molecule has 1 aliphatic rings. The van der Waals surface area contributed by atoms with E-state index in [1.54, 1.807) is 0 Å². The van der Waals surface area contributed by atoms with Gasteiger partial charge in [-0.2, -0.15) is 0 Å². The Morgan fingerprint density at radius 2 is 1.64 bits per heavy atom. The molecule has 2 amide bonds. The van der Waals surface area contributed by atoms with Crippen LogP contribution in [-0.4, -0.2) is 30.8 Å². The van der Waals surface area contributed by atoms with E-state index in [0.29, 0.717) is 24.7 Å². The molecule has 0 aliphatic carbocycles. The molecule has 2 aromatic carbocycles. The molecular formula is C18H18N2O4S. The molecule has 0 atom stereocenters. The minimum Gasteiger partial charge on any atom is -0.486 e. The van der Waals surface area contributed by atoms with E-state index >= 15 is 0 Å². The van der Waals surface area contributed by atoms with Crippen LogP contribution in [0, 0.1) is 0 Å². The molecule has 1 heterocycles. The Morgan fingerprint density at radius 3 is 2.44 bits per heavy atom. The first-order valence-corrected chi connectivity index (χ1v) is 8.83. The Kier molecular flexibility index (Phi) is 5.79.